The van der Waals surface area contributed by atoms with Crippen molar-refractivity contribution in [2.75, 3.05) is 10.6 Å². The van der Waals surface area contributed by atoms with E-state index in [4.69, 9.17) is 16.3 Å². The number of benzene rings is 2. The summed E-state index contributed by atoms with van der Waals surface area (Å²) in [5.74, 6) is 1.08. The molecule has 0 bridgehead atoms. The number of alkyl halides is 3. The van der Waals surface area contributed by atoms with Gasteiger partial charge in [0.2, 0.25) is 5.88 Å². The first kappa shape index (κ1) is 23.1. The maximum absolute atomic E-state index is 13.0. The molecule has 0 aliphatic rings. The molecule has 0 radical (unpaired) electrons. The molecule has 2 aromatic carbocycles. The number of aryl methyl sites for hydroxylation is 1. The van der Waals surface area contributed by atoms with Crippen LogP contribution in [-0.2, 0) is 13.2 Å². The Hall–Kier alpha value is -4.12. The molecule has 2 amide bonds. The zero-order valence-corrected chi connectivity index (χ0v) is 18.2. The lowest BCUT2D eigenvalue weighted by atomic mass is 10.2. The van der Waals surface area contributed by atoms with Gasteiger partial charge in [0.25, 0.3) is 0 Å². The average Bonchev–Trinajstić information content (AvgIpc) is 3.21. The van der Waals surface area contributed by atoms with Gasteiger partial charge in [-0.3, -0.25) is 4.68 Å². The van der Waals surface area contributed by atoms with E-state index in [1.807, 2.05) is 0 Å². The quantitative estimate of drug-likeness (QED) is 0.360. The number of hydrogen-bond donors (Lipinski definition) is 2. The Morgan fingerprint density at radius 2 is 1.85 bits per heavy atom. The third kappa shape index (κ3) is 5.62. The van der Waals surface area contributed by atoms with Crippen LogP contribution in [0.4, 0.5) is 29.3 Å². The Kier molecular flexibility index (Phi) is 6.37. The maximum atomic E-state index is 13.0. The van der Waals surface area contributed by atoms with E-state index in [1.165, 1.54) is 12.1 Å². The lowest BCUT2D eigenvalue weighted by molar-refractivity contribution is -0.137. The molecule has 0 aliphatic heterocycles. The molecular formula is C22H16ClF3N6O2. The number of anilines is 2. The van der Waals surface area contributed by atoms with Crippen LogP contribution >= 0.6 is 11.6 Å². The van der Waals surface area contributed by atoms with E-state index in [0.717, 1.165) is 17.7 Å². The first-order valence-electron chi connectivity index (χ1n) is 9.72. The molecule has 0 fully saturated rings. The highest BCUT2D eigenvalue weighted by Gasteiger charge is 2.33. The normalized spacial score (nSPS) is 11.2. The molecule has 0 aliphatic carbocycles. The van der Waals surface area contributed by atoms with Crippen LogP contribution in [0.5, 0.6) is 11.6 Å². The van der Waals surface area contributed by atoms with Crippen LogP contribution in [-0.4, -0.2) is 25.8 Å². The van der Waals surface area contributed by atoms with E-state index >= 15 is 0 Å². The zero-order valence-electron chi connectivity index (χ0n) is 17.5. The Bertz CT molecular complexity index is 1340. The van der Waals surface area contributed by atoms with Crippen LogP contribution in [0, 0.1) is 0 Å². The predicted octanol–water partition coefficient (Wildman–Crippen LogP) is 5.99. The highest BCUT2D eigenvalue weighted by Crippen LogP contribution is 2.36. The van der Waals surface area contributed by atoms with Crippen molar-refractivity contribution in [3.63, 3.8) is 0 Å². The number of carbonyl (C=O) groups is 1. The van der Waals surface area contributed by atoms with Gasteiger partial charge < -0.3 is 15.4 Å². The van der Waals surface area contributed by atoms with Gasteiger partial charge in [0.1, 0.15) is 5.75 Å². The molecule has 34 heavy (non-hydrogen) atoms. The minimum Gasteiger partial charge on any atom is -0.439 e. The number of halogens is 4. The Morgan fingerprint density at radius 3 is 2.56 bits per heavy atom. The van der Waals surface area contributed by atoms with Crippen molar-refractivity contribution in [3.05, 3.63) is 77.7 Å². The molecule has 0 atom stereocenters. The summed E-state index contributed by atoms with van der Waals surface area (Å²) in [4.78, 5) is 20.8. The summed E-state index contributed by atoms with van der Waals surface area (Å²) in [6, 6.07) is 10.4. The van der Waals surface area contributed by atoms with E-state index in [9.17, 15) is 18.0 Å². The fraction of sp³-hybridized carbons (Fsp3) is 0.0909. The zero-order chi connectivity index (χ0) is 24.3. The average molecular weight is 489 g/mol. The first-order valence-corrected chi connectivity index (χ1v) is 10.1. The summed E-state index contributed by atoms with van der Waals surface area (Å²) >= 11 is 5.60. The molecule has 0 unspecified atom stereocenters. The molecular weight excluding hydrogens is 473 g/mol. The lowest BCUT2D eigenvalue weighted by Crippen LogP contribution is -2.20. The maximum Gasteiger partial charge on any atom is 0.417 e. The largest absolute Gasteiger partial charge is 0.439 e. The molecule has 2 heterocycles. The van der Waals surface area contributed by atoms with E-state index in [0.29, 0.717) is 17.3 Å². The van der Waals surface area contributed by atoms with E-state index < -0.39 is 22.8 Å². The standard InChI is InChI=1S/C22H16ClF3N6O2/c1-32-12-13(11-28-32)20-27-8-7-19(31-20)34-16-4-2-3-14(9-16)29-21(33)30-15-5-6-18(23)17(10-15)22(24,25)26/h2-12H,1H3,(H2,29,30,33). The van der Waals surface area contributed by atoms with E-state index in [1.54, 1.807) is 54.6 Å². The van der Waals surface area contributed by atoms with Crippen LogP contribution in [0.2, 0.25) is 5.02 Å². The second-order valence-electron chi connectivity index (χ2n) is 7.02. The van der Waals surface area contributed by atoms with Gasteiger partial charge in [-0.1, -0.05) is 17.7 Å². The van der Waals surface area contributed by atoms with Crippen LogP contribution in [0.3, 0.4) is 0 Å². The molecule has 0 saturated heterocycles. The third-order valence-corrected chi connectivity index (χ3v) is 4.77. The van der Waals surface area contributed by atoms with Gasteiger partial charge in [0.15, 0.2) is 5.82 Å². The highest BCUT2D eigenvalue weighted by atomic mass is 35.5. The number of nitrogens with one attached hydrogen (secondary N) is 2. The Labute approximate surface area is 196 Å². The summed E-state index contributed by atoms with van der Waals surface area (Å²) < 4.78 is 46.4. The number of hydrogen-bond acceptors (Lipinski definition) is 5. The van der Waals surface area contributed by atoms with Crippen molar-refractivity contribution in [1.29, 1.82) is 0 Å². The van der Waals surface area contributed by atoms with Gasteiger partial charge in [-0.25, -0.2) is 9.78 Å². The van der Waals surface area contributed by atoms with Gasteiger partial charge in [-0.2, -0.15) is 23.3 Å². The van der Waals surface area contributed by atoms with Gasteiger partial charge in [0.05, 0.1) is 22.3 Å². The van der Waals surface area contributed by atoms with Crippen LogP contribution in [0.1, 0.15) is 5.56 Å². The number of rotatable bonds is 5. The Morgan fingerprint density at radius 1 is 1.09 bits per heavy atom. The fourth-order valence-corrected chi connectivity index (χ4v) is 3.17. The van der Waals surface area contributed by atoms with Crippen LogP contribution < -0.4 is 15.4 Å². The number of nitrogens with zero attached hydrogens (tertiary/aromatic N) is 4. The second kappa shape index (κ2) is 9.40. The molecule has 4 rings (SSSR count). The van der Waals surface area contributed by atoms with Gasteiger partial charge >= 0.3 is 12.2 Å². The topological polar surface area (TPSA) is 94.0 Å². The first-order chi connectivity index (χ1) is 16.2. The number of aromatic nitrogens is 4. The third-order valence-electron chi connectivity index (χ3n) is 4.44. The van der Waals surface area contributed by atoms with Crippen LogP contribution in [0.15, 0.2) is 67.1 Å². The number of urea groups is 1. The monoisotopic (exact) mass is 488 g/mol. The van der Waals surface area contributed by atoms with Crippen molar-refractivity contribution < 1.29 is 22.7 Å². The van der Waals surface area contributed by atoms with Crippen molar-refractivity contribution in [2.45, 2.75) is 6.18 Å². The number of ether oxygens (including phenoxy) is 1. The molecule has 2 N–H and O–H groups in total. The SMILES string of the molecule is Cn1cc(-c2nccc(Oc3cccc(NC(=O)Nc4ccc(Cl)c(C(F)(F)F)c4)c3)n2)cn1. The summed E-state index contributed by atoms with van der Waals surface area (Å²) in [5, 5.41) is 8.52. The van der Waals surface area contributed by atoms with Crippen LogP contribution in [0.25, 0.3) is 11.4 Å². The number of amides is 2. The summed E-state index contributed by atoms with van der Waals surface area (Å²) in [7, 11) is 1.78. The molecule has 2 aromatic heterocycles. The van der Waals surface area contributed by atoms with E-state index in [-0.39, 0.29) is 11.6 Å². The van der Waals surface area contributed by atoms with Gasteiger partial charge in [-0.05, 0) is 30.3 Å². The lowest BCUT2D eigenvalue weighted by Gasteiger charge is -2.13. The van der Waals surface area contributed by atoms with Crippen molar-refractivity contribution in [3.8, 4) is 23.0 Å². The highest BCUT2D eigenvalue weighted by molar-refractivity contribution is 6.31. The van der Waals surface area contributed by atoms with Crippen molar-refractivity contribution in [1.82, 2.24) is 19.7 Å². The van der Waals surface area contributed by atoms with Crippen molar-refractivity contribution in [2.24, 2.45) is 7.05 Å². The second-order valence-corrected chi connectivity index (χ2v) is 7.43. The minimum atomic E-state index is -4.64. The predicted molar refractivity (Wildman–Crippen MR) is 120 cm³/mol. The van der Waals surface area contributed by atoms with Gasteiger partial charge in [0, 0.05) is 42.9 Å². The Balaban J connectivity index is 1.44. The molecule has 4 aromatic rings. The fourth-order valence-electron chi connectivity index (χ4n) is 2.95. The molecule has 8 nitrogen and oxygen atoms in total. The summed E-state index contributed by atoms with van der Waals surface area (Å²) in [6.45, 7) is 0. The molecule has 12 heteroatoms. The smallest absolute Gasteiger partial charge is 0.417 e. The molecule has 0 spiro atoms. The molecule has 174 valence electrons. The van der Waals surface area contributed by atoms with Gasteiger partial charge in [-0.15, -0.1) is 0 Å². The summed E-state index contributed by atoms with van der Waals surface area (Å²) in [5.41, 5.74) is -0.0409. The minimum absolute atomic E-state index is 0.0643. The number of carbonyl (C=O) groups excluding carboxylic acids is 1. The molecule has 0 saturated carbocycles. The van der Waals surface area contributed by atoms with E-state index in [2.05, 4.69) is 25.7 Å². The van der Waals surface area contributed by atoms with Crippen molar-refractivity contribution >= 4 is 29.0 Å². The summed E-state index contributed by atoms with van der Waals surface area (Å²) in [6.07, 6.45) is 0.289.